The van der Waals surface area contributed by atoms with Crippen LogP contribution in [-0.4, -0.2) is 25.0 Å². The zero-order valence-corrected chi connectivity index (χ0v) is 12.0. The monoisotopic (exact) mass is 304 g/mol. The van der Waals surface area contributed by atoms with E-state index in [0.717, 1.165) is 18.2 Å². The molecule has 6 nitrogen and oxygen atoms in total. The Balaban J connectivity index is 3.13. The average molecular weight is 304 g/mol. The van der Waals surface area contributed by atoms with E-state index in [1.165, 1.54) is 6.92 Å². The first-order valence-corrected chi connectivity index (χ1v) is 7.48. The first-order valence-electron chi connectivity index (χ1n) is 5.94. The first-order chi connectivity index (χ1) is 9.10. The second-order valence-electron chi connectivity index (χ2n) is 4.70. The summed E-state index contributed by atoms with van der Waals surface area (Å²) in [5, 5.41) is 16.7. The number of hydrogen-bond acceptors (Lipinski definition) is 4. The van der Waals surface area contributed by atoms with Crippen LogP contribution >= 0.6 is 0 Å². The van der Waals surface area contributed by atoms with E-state index >= 15 is 0 Å². The summed E-state index contributed by atoms with van der Waals surface area (Å²) >= 11 is 0. The SMILES string of the molecule is CCCC(C)(Nc1ccc(S(N)(=O)=O)cc1F)C(=O)O. The first kappa shape index (κ1) is 16.4. The van der Waals surface area contributed by atoms with Crippen LogP contribution in [0.3, 0.4) is 0 Å². The number of nitrogens with one attached hydrogen (secondary N) is 1. The van der Waals surface area contributed by atoms with E-state index in [4.69, 9.17) is 5.14 Å². The van der Waals surface area contributed by atoms with Gasteiger partial charge in [0.05, 0.1) is 10.6 Å². The van der Waals surface area contributed by atoms with Crippen molar-refractivity contribution in [3.05, 3.63) is 24.0 Å². The Hall–Kier alpha value is -1.67. The molecule has 0 saturated heterocycles. The molecule has 112 valence electrons. The molecule has 1 rings (SSSR count). The molecule has 1 atom stereocenters. The van der Waals surface area contributed by atoms with Crippen molar-refractivity contribution in [2.45, 2.75) is 37.1 Å². The lowest BCUT2D eigenvalue weighted by atomic mass is 9.96. The van der Waals surface area contributed by atoms with Crippen LogP contribution in [0.2, 0.25) is 0 Å². The summed E-state index contributed by atoms with van der Waals surface area (Å²) in [6, 6.07) is 3.03. The van der Waals surface area contributed by atoms with Gasteiger partial charge in [0.25, 0.3) is 0 Å². The van der Waals surface area contributed by atoms with Gasteiger partial charge in [-0.15, -0.1) is 0 Å². The molecule has 1 aromatic rings. The lowest BCUT2D eigenvalue weighted by molar-refractivity contribution is -0.142. The van der Waals surface area contributed by atoms with Crippen LogP contribution in [0.15, 0.2) is 23.1 Å². The van der Waals surface area contributed by atoms with Crippen molar-refractivity contribution in [3.8, 4) is 0 Å². The number of rotatable bonds is 6. The van der Waals surface area contributed by atoms with Gasteiger partial charge in [-0.2, -0.15) is 0 Å². The number of carbonyl (C=O) groups is 1. The molecular weight excluding hydrogens is 287 g/mol. The number of primary sulfonamides is 1. The van der Waals surface area contributed by atoms with Gasteiger partial charge in [0.2, 0.25) is 10.0 Å². The van der Waals surface area contributed by atoms with Gasteiger partial charge in [0.1, 0.15) is 11.4 Å². The number of carboxylic acids is 1. The van der Waals surface area contributed by atoms with Crippen LogP contribution in [0.5, 0.6) is 0 Å². The summed E-state index contributed by atoms with van der Waals surface area (Å²) in [5.74, 6) is -1.99. The minimum atomic E-state index is -4.00. The molecule has 0 aliphatic rings. The number of benzene rings is 1. The highest BCUT2D eigenvalue weighted by molar-refractivity contribution is 7.89. The normalized spacial score (nSPS) is 14.6. The number of carboxylic acid groups (broad SMARTS) is 1. The molecule has 1 unspecified atom stereocenters. The number of anilines is 1. The predicted octanol–water partition coefficient (Wildman–Crippen LogP) is 1.53. The van der Waals surface area contributed by atoms with Gasteiger partial charge in [-0.1, -0.05) is 13.3 Å². The van der Waals surface area contributed by atoms with Crippen molar-refractivity contribution in [2.75, 3.05) is 5.32 Å². The van der Waals surface area contributed by atoms with E-state index in [1.807, 2.05) is 6.92 Å². The van der Waals surface area contributed by atoms with Gasteiger partial charge < -0.3 is 10.4 Å². The van der Waals surface area contributed by atoms with Gasteiger partial charge in [0, 0.05) is 0 Å². The zero-order valence-electron chi connectivity index (χ0n) is 11.2. The summed E-state index contributed by atoms with van der Waals surface area (Å²) < 4.78 is 36.0. The quantitative estimate of drug-likeness (QED) is 0.738. The fraction of sp³-hybridized carbons (Fsp3) is 0.417. The van der Waals surface area contributed by atoms with E-state index in [1.54, 1.807) is 0 Å². The van der Waals surface area contributed by atoms with Gasteiger partial charge in [-0.25, -0.2) is 22.7 Å². The van der Waals surface area contributed by atoms with Crippen LogP contribution in [0.4, 0.5) is 10.1 Å². The molecule has 1 aromatic carbocycles. The van der Waals surface area contributed by atoms with Crippen LogP contribution in [-0.2, 0) is 14.8 Å². The largest absolute Gasteiger partial charge is 0.480 e. The molecular formula is C12H17FN2O4S. The van der Waals surface area contributed by atoms with E-state index in [2.05, 4.69) is 5.32 Å². The maximum atomic E-state index is 13.8. The fourth-order valence-electron chi connectivity index (χ4n) is 1.79. The standard InChI is InChI=1S/C12H17FN2O4S/c1-3-6-12(2,11(16)17)15-10-5-4-8(7-9(10)13)20(14,18)19/h4-5,7,15H,3,6H2,1-2H3,(H,16,17)(H2,14,18,19). The predicted molar refractivity (Wildman–Crippen MR) is 72.3 cm³/mol. The molecule has 0 aliphatic heterocycles. The Bertz CT molecular complexity index is 618. The van der Waals surface area contributed by atoms with Crippen molar-refractivity contribution in [3.63, 3.8) is 0 Å². The summed E-state index contributed by atoms with van der Waals surface area (Å²) in [6.45, 7) is 3.25. The third-order valence-electron chi connectivity index (χ3n) is 2.90. The third kappa shape index (κ3) is 3.67. The minimum absolute atomic E-state index is 0.0873. The maximum Gasteiger partial charge on any atom is 0.329 e. The molecule has 0 spiro atoms. The number of hydrogen-bond donors (Lipinski definition) is 3. The third-order valence-corrected chi connectivity index (χ3v) is 3.81. The summed E-state index contributed by atoms with van der Waals surface area (Å²) in [5.41, 5.74) is -1.42. The van der Waals surface area contributed by atoms with E-state index in [-0.39, 0.29) is 10.6 Å². The van der Waals surface area contributed by atoms with Crippen molar-refractivity contribution < 1.29 is 22.7 Å². The number of nitrogens with two attached hydrogens (primary N) is 1. The topological polar surface area (TPSA) is 109 Å². The van der Waals surface area contributed by atoms with Gasteiger partial charge in [-0.3, -0.25) is 0 Å². The Morgan fingerprint density at radius 2 is 2.10 bits per heavy atom. The van der Waals surface area contributed by atoms with Gasteiger partial charge >= 0.3 is 5.97 Å². The van der Waals surface area contributed by atoms with Crippen LogP contribution in [0.25, 0.3) is 0 Å². The molecule has 0 aromatic heterocycles. The highest BCUT2D eigenvalue weighted by Crippen LogP contribution is 2.24. The van der Waals surface area contributed by atoms with E-state index in [9.17, 15) is 22.7 Å². The van der Waals surface area contributed by atoms with Gasteiger partial charge in [-0.05, 0) is 31.5 Å². The van der Waals surface area contributed by atoms with Crippen molar-refractivity contribution in [1.29, 1.82) is 0 Å². The summed E-state index contributed by atoms with van der Waals surface area (Å²) in [6.07, 6.45) is 0.880. The number of halogens is 1. The zero-order chi connectivity index (χ0) is 15.6. The molecule has 0 bridgehead atoms. The molecule has 0 amide bonds. The Labute approximate surface area is 116 Å². The van der Waals surface area contributed by atoms with Crippen LogP contribution in [0.1, 0.15) is 26.7 Å². The smallest absolute Gasteiger partial charge is 0.329 e. The highest BCUT2D eigenvalue weighted by Gasteiger charge is 2.32. The summed E-state index contributed by atoms with van der Waals surface area (Å²) in [4.78, 5) is 10.9. The lowest BCUT2D eigenvalue weighted by Crippen LogP contribution is -2.43. The lowest BCUT2D eigenvalue weighted by Gasteiger charge is -2.27. The Morgan fingerprint density at radius 3 is 2.50 bits per heavy atom. The number of aliphatic carboxylic acids is 1. The van der Waals surface area contributed by atoms with Crippen molar-refractivity contribution >= 4 is 21.7 Å². The van der Waals surface area contributed by atoms with Crippen molar-refractivity contribution in [2.24, 2.45) is 5.14 Å². The van der Waals surface area contributed by atoms with E-state index in [0.29, 0.717) is 12.8 Å². The van der Waals surface area contributed by atoms with Crippen LogP contribution in [0, 0.1) is 5.82 Å². The maximum absolute atomic E-state index is 13.8. The second-order valence-corrected chi connectivity index (χ2v) is 6.26. The molecule has 0 radical (unpaired) electrons. The van der Waals surface area contributed by atoms with Crippen molar-refractivity contribution in [1.82, 2.24) is 0 Å². The van der Waals surface area contributed by atoms with Crippen LogP contribution < -0.4 is 10.5 Å². The highest BCUT2D eigenvalue weighted by atomic mass is 32.2. The number of sulfonamides is 1. The molecule has 0 aliphatic carbocycles. The second kappa shape index (κ2) is 5.76. The Morgan fingerprint density at radius 1 is 1.50 bits per heavy atom. The molecule has 20 heavy (non-hydrogen) atoms. The molecule has 0 saturated carbocycles. The molecule has 0 heterocycles. The average Bonchev–Trinajstić information content (AvgIpc) is 2.30. The fourth-order valence-corrected chi connectivity index (χ4v) is 2.32. The van der Waals surface area contributed by atoms with Gasteiger partial charge in [0.15, 0.2) is 0 Å². The molecule has 8 heteroatoms. The Kier molecular flexibility index (Phi) is 4.72. The minimum Gasteiger partial charge on any atom is -0.480 e. The molecule has 0 fully saturated rings. The van der Waals surface area contributed by atoms with E-state index < -0.39 is 27.3 Å². The summed E-state index contributed by atoms with van der Waals surface area (Å²) in [7, 11) is -4.00. The molecule has 4 N–H and O–H groups in total.